The summed E-state index contributed by atoms with van der Waals surface area (Å²) in [7, 11) is 0. The van der Waals surface area contributed by atoms with Gasteiger partial charge in [-0.1, -0.05) is 35.3 Å². The summed E-state index contributed by atoms with van der Waals surface area (Å²) in [6.45, 7) is 0.423. The summed E-state index contributed by atoms with van der Waals surface area (Å²) in [5, 5.41) is 1.28. The fourth-order valence-corrected chi connectivity index (χ4v) is 1.83. The van der Waals surface area contributed by atoms with Crippen molar-refractivity contribution in [3.8, 4) is 5.75 Å². The van der Waals surface area contributed by atoms with Crippen LogP contribution in [0.25, 0.3) is 0 Å². The molecular formula is C13H11Cl2NO. The van der Waals surface area contributed by atoms with Crippen molar-refractivity contribution < 1.29 is 4.74 Å². The summed E-state index contributed by atoms with van der Waals surface area (Å²) in [4.78, 5) is 0. The third-order valence-corrected chi connectivity index (χ3v) is 2.73. The van der Waals surface area contributed by atoms with Crippen LogP contribution in [0.15, 0.2) is 42.5 Å². The van der Waals surface area contributed by atoms with Gasteiger partial charge in [-0.2, -0.15) is 0 Å². The molecule has 0 saturated carbocycles. The van der Waals surface area contributed by atoms with E-state index in [0.29, 0.717) is 28.1 Å². The second kappa shape index (κ2) is 5.30. The molecule has 4 heteroatoms. The SMILES string of the molecule is Nc1cc(Cl)ccc1OCc1cccc(Cl)c1. The van der Waals surface area contributed by atoms with E-state index in [-0.39, 0.29) is 0 Å². The maximum atomic E-state index is 5.88. The van der Waals surface area contributed by atoms with E-state index in [1.54, 1.807) is 18.2 Å². The number of ether oxygens (including phenoxy) is 1. The van der Waals surface area contributed by atoms with E-state index in [2.05, 4.69) is 0 Å². The predicted molar refractivity (Wildman–Crippen MR) is 71.6 cm³/mol. The Bertz CT molecular complexity index is 529. The third kappa shape index (κ3) is 3.29. The van der Waals surface area contributed by atoms with Gasteiger partial charge in [0.05, 0.1) is 5.69 Å². The Morgan fingerprint density at radius 2 is 1.76 bits per heavy atom. The van der Waals surface area contributed by atoms with Gasteiger partial charge in [-0.05, 0) is 35.9 Å². The molecule has 0 bridgehead atoms. The van der Waals surface area contributed by atoms with Crippen LogP contribution in [0.5, 0.6) is 5.75 Å². The molecule has 0 spiro atoms. The summed E-state index contributed by atoms with van der Waals surface area (Å²) in [5.74, 6) is 0.620. The van der Waals surface area contributed by atoms with E-state index >= 15 is 0 Å². The first-order valence-corrected chi connectivity index (χ1v) is 5.83. The smallest absolute Gasteiger partial charge is 0.142 e. The van der Waals surface area contributed by atoms with Crippen LogP contribution in [0.1, 0.15) is 5.56 Å². The first kappa shape index (κ1) is 12.1. The summed E-state index contributed by atoms with van der Waals surface area (Å²) < 4.78 is 5.59. The molecule has 2 nitrogen and oxygen atoms in total. The van der Waals surface area contributed by atoms with Gasteiger partial charge in [0.25, 0.3) is 0 Å². The first-order valence-electron chi connectivity index (χ1n) is 5.07. The molecule has 0 aliphatic carbocycles. The summed E-state index contributed by atoms with van der Waals surface area (Å²) >= 11 is 11.7. The molecule has 0 unspecified atom stereocenters. The van der Waals surface area contributed by atoms with Gasteiger partial charge in [-0.15, -0.1) is 0 Å². The highest BCUT2D eigenvalue weighted by molar-refractivity contribution is 6.31. The molecule has 0 heterocycles. The van der Waals surface area contributed by atoms with Crippen molar-refractivity contribution in [3.63, 3.8) is 0 Å². The number of nitrogens with two attached hydrogens (primary N) is 1. The van der Waals surface area contributed by atoms with Gasteiger partial charge >= 0.3 is 0 Å². The monoisotopic (exact) mass is 267 g/mol. The highest BCUT2D eigenvalue weighted by Crippen LogP contribution is 2.25. The minimum atomic E-state index is 0.423. The lowest BCUT2D eigenvalue weighted by Gasteiger charge is -2.09. The normalized spacial score (nSPS) is 10.2. The molecule has 0 atom stereocenters. The Kier molecular flexibility index (Phi) is 3.77. The van der Waals surface area contributed by atoms with Crippen molar-refractivity contribution >= 4 is 28.9 Å². The molecule has 0 radical (unpaired) electrons. The molecule has 2 N–H and O–H groups in total. The van der Waals surface area contributed by atoms with E-state index in [0.717, 1.165) is 5.56 Å². The molecule has 0 fully saturated rings. The Hall–Kier alpha value is -1.38. The molecule has 17 heavy (non-hydrogen) atoms. The summed E-state index contributed by atoms with van der Waals surface area (Å²) in [6.07, 6.45) is 0. The summed E-state index contributed by atoms with van der Waals surface area (Å²) in [6, 6.07) is 12.7. The minimum Gasteiger partial charge on any atom is -0.487 e. The quantitative estimate of drug-likeness (QED) is 0.848. The summed E-state index contributed by atoms with van der Waals surface area (Å²) in [5.41, 5.74) is 7.30. The van der Waals surface area contributed by atoms with Gasteiger partial charge in [0.2, 0.25) is 0 Å². The molecule has 2 aromatic rings. The number of benzene rings is 2. The van der Waals surface area contributed by atoms with Crippen molar-refractivity contribution in [2.75, 3.05) is 5.73 Å². The number of halogens is 2. The van der Waals surface area contributed by atoms with Crippen LogP contribution in [0.4, 0.5) is 5.69 Å². The zero-order valence-electron chi connectivity index (χ0n) is 8.99. The highest BCUT2D eigenvalue weighted by Gasteiger charge is 2.02. The van der Waals surface area contributed by atoms with Crippen LogP contribution in [-0.4, -0.2) is 0 Å². The Morgan fingerprint density at radius 1 is 1.00 bits per heavy atom. The molecular weight excluding hydrogens is 257 g/mol. The Balaban J connectivity index is 2.07. The van der Waals surface area contributed by atoms with E-state index in [1.807, 2.05) is 24.3 Å². The van der Waals surface area contributed by atoms with Gasteiger partial charge in [-0.3, -0.25) is 0 Å². The lowest BCUT2D eigenvalue weighted by atomic mass is 10.2. The van der Waals surface area contributed by atoms with Crippen LogP contribution >= 0.6 is 23.2 Å². The average molecular weight is 268 g/mol. The van der Waals surface area contributed by atoms with Gasteiger partial charge in [0.15, 0.2) is 0 Å². The molecule has 0 aliphatic rings. The Morgan fingerprint density at radius 3 is 2.47 bits per heavy atom. The Labute approximate surface area is 110 Å². The van der Waals surface area contributed by atoms with Crippen LogP contribution in [-0.2, 0) is 6.61 Å². The highest BCUT2D eigenvalue weighted by atomic mass is 35.5. The van der Waals surface area contributed by atoms with Gasteiger partial charge in [0.1, 0.15) is 12.4 Å². The zero-order valence-corrected chi connectivity index (χ0v) is 10.5. The fourth-order valence-electron chi connectivity index (χ4n) is 1.44. The number of nitrogen functional groups attached to an aromatic ring is 1. The lowest BCUT2D eigenvalue weighted by Crippen LogP contribution is -1.98. The molecule has 0 saturated heterocycles. The largest absolute Gasteiger partial charge is 0.487 e. The van der Waals surface area contributed by atoms with Gasteiger partial charge in [-0.25, -0.2) is 0 Å². The van der Waals surface area contributed by atoms with Crippen molar-refractivity contribution in [3.05, 3.63) is 58.1 Å². The molecule has 2 aromatic carbocycles. The standard InChI is InChI=1S/C13H11Cl2NO/c14-10-3-1-2-9(6-10)8-17-13-5-4-11(15)7-12(13)16/h1-7H,8,16H2. The molecule has 0 aliphatic heterocycles. The lowest BCUT2D eigenvalue weighted by molar-refractivity contribution is 0.308. The molecule has 2 rings (SSSR count). The predicted octanol–water partition coefficient (Wildman–Crippen LogP) is 4.15. The first-order chi connectivity index (χ1) is 8.15. The van der Waals surface area contributed by atoms with Crippen molar-refractivity contribution in [1.82, 2.24) is 0 Å². The number of anilines is 1. The van der Waals surface area contributed by atoms with E-state index in [9.17, 15) is 0 Å². The van der Waals surface area contributed by atoms with Crippen LogP contribution in [0.2, 0.25) is 10.0 Å². The van der Waals surface area contributed by atoms with Gasteiger partial charge in [0, 0.05) is 10.0 Å². The van der Waals surface area contributed by atoms with Crippen molar-refractivity contribution in [1.29, 1.82) is 0 Å². The van der Waals surface area contributed by atoms with Crippen LogP contribution < -0.4 is 10.5 Å². The van der Waals surface area contributed by atoms with E-state index in [4.69, 9.17) is 33.7 Å². The average Bonchev–Trinajstić information content (AvgIpc) is 2.28. The van der Waals surface area contributed by atoms with E-state index in [1.165, 1.54) is 0 Å². The van der Waals surface area contributed by atoms with Crippen LogP contribution in [0, 0.1) is 0 Å². The number of rotatable bonds is 3. The maximum absolute atomic E-state index is 5.88. The number of hydrogen-bond acceptors (Lipinski definition) is 2. The molecule has 0 amide bonds. The number of hydrogen-bond donors (Lipinski definition) is 1. The zero-order chi connectivity index (χ0) is 12.3. The molecule has 88 valence electrons. The third-order valence-electron chi connectivity index (χ3n) is 2.26. The van der Waals surface area contributed by atoms with Crippen molar-refractivity contribution in [2.45, 2.75) is 6.61 Å². The van der Waals surface area contributed by atoms with Gasteiger partial charge < -0.3 is 10.5 Å². The van der Waals surface area contributed by atoms with E-state index < -0.39 is 0 Å². The maximum Gasteiger partial charge on any atom is 0.142 e. The fraction of sp³-hybridized carbons (Fsp3) is 0.0769. The second-order valence-electron chi connectivity index (χ2n) is 3.60. The minimum absolute atomic E-state index is 0.423. The molecule has 0 aromatic heterocycles. The van der Waals surface area contributed by atoms with Crippen molar-refractivity contribution in [2.24, 2.45) is 0 Å². The topological polar surface area (TPSA) is 35.2 Å². The second-order valence-corrected chi connectivity index (χ2v) is 4.47. The van der Waals surface area contributed by atoms with Crippen LogP contribution in [0.3, 0.4) is 0 Å².